The van der Waals surface area contributed by atoms with Crippen LogP contribution in [0.3, 0.4) is 0 Å². The van der Waals surface area contributed by atoms with Gasteiger partial charge >= 0.3 is 0 Å². The van der Waals surface area contributed by atoms with E-state index in [1.807, 2.05) is 45.0 Å². The molecule has 26 heavy (non-hydrogen) atoms. The first kappa shape index (κ1) is 17.7. The van der Waals surface area contributed by atoms with Crippen LogP contribution in [0.25, 0.3) is 10.9 Å². The highest BCUT2D eigenvalue weighted by molar-refractivity contribution is 5.98. The predicted molar refractivity (Wildman–Crippen MR) is 101 cm³/mol. The molecule has 3 aromatic rings. The Kier molecular flexibility index (Phi) is 4.75. The van der Waals surface area contributed by atoms with Gasteiger partial charge in [-0.05, 0) is 51.1 Å². The van der Waals surface area contributed by atoms with Crippen LogP contribution in [0.15, 0.2) is 52.7 Å². The molecule has 0 saturated heterocycles. The van der Waals surface area contributed by atoms with E-state index in [0.29, 0.717) is 16.7 Å². The Morgan fingerprint density at radius 2 is 1.85 bits per heavy atom. The van der Waals surface area contributed by atoms with Crippen molar-refractivity contribution in [2.45, 2.75) is 26.8 Å². The number of aromatic hydroxyl groups is 1. The third-order valence-electron chi connectivity index (χ3n) is 4.21. The van der Waals surface area contributed by atoms with E-state index in [-0.39, 0.29) is 17.6 Å². The van der Waals surface area contributed by atoms with Crippen LogP contribution in [0, 0.1) is 6.92 Å². The summed E-state index contributed by atoms with van der Waals surface area (Å²) in [6.45, 7) is 5.87. The van der Waals surface area contributed by atoms with E-state index < -0.39 is 5.91 Å². The highest BCUT2D eigenvalue weighted by Gasteiger charge is 2.19. The van der Waals surface area contributed by atoms with Crippen molar-refractivity contribution in [2.75, 3.05) is 7.11 Å². The number of rotatable bonds is 4. The van der Waals surface area contributed by atoms with E-state index in [4.69, 9.17) is 4.74 Å². The molecule has 1 aromatic heterocycles. The second-order valence-electron chi connectivity index (χ2n) is 6.39. The van der Waals surface area contributed by atoms with Crippen molar-refractivity contribution in [3.05, 3.63) is 53.6 Å². The minimum absolute atomic E-state index is 0.0163. The molecule has 0 aliphatic heterocycles. The monoisotopic (exact) mass is 351 g/mol. The first-order chi connectivity index (χ1) is 12.4. The Morgan fingerprint density at radius 1 is 1.15 bits per heavy atom. The molecular weight excluding hydrogens is 330 g/mol. The summed E-state index contributed by atoms with van der Waals surface area (Å²) in [5.74, 6) is 0.154. The number of aromatic nitrogens is 1. The Labute approximate surface area is 151 Å². The average Bonchev–Trinajstić information content (AvgIpc) is 2.90. The molecule has 3 rings (SSSR count). The van der Waals surface area contributed by atoms with Crippen molar-refractivity contribution in [1.82, 2.24) is 4.57 Å². The number of benzene rings is 2. The predicted octanol–water partition coefficient (Wildman–Crippen LogP) is 5.17. The van der Waals surface area contributed by atoms with Gasteiger partial charge in [-0.15, -0.1) is 10.2 Å². The molecule has 1 N–H and O–H groups in total. The summed E-state index contributed by atoms with van der Waals surface area (Å²) in [6.07, 6.45) is 0. The minimum Gasteiger partial charge on any atom is -0.497 e. The zero-order chi connectivity index (χ0) is 18.8. The van der Waals surface area contributed by atoms with Crippen LogP contribution >= 0.6 is 0 Å². The van der Waals surface area contributed by atoms with Crippen molar-refractivity contribution in [3.8, 4) is 11.6 Å². The Bertz CT molecular complexity index is 986. The molecule has 1 heterocycles. The molecule has 0 bridgehead atoms. The van der Waals surface area contributed by atoms with Gasteiger partial charge in [0.05, 0.1) is 12.6 Å². The zero-order valence-corrected chi connectivity index (χ0v) is 15.2. The van der Waals surface area contributed by atoms with E-state index in [1.165, 1.54) is 0 Å². The number of fused-ring (bicyclic) bond motifs is 1. The summed E-state index contributed by atoms with van der Waals surface area (Å²) in [5, 5.41) is 19.2. The Morgan fingerprint density at radius 3 is 2.46 bits per heavy atom. The Hall–Kier alpha value is -3.15. The topological polar surface area (TPSA) is 76.2 Å². The van der Waals surface area contributed by atoms with Crippen LogP contribution in [0.1, 0.15) is 35.8 Å². The maximum Gasteiger partial charge on any atom is 0.295 e. The molecule has 2 aromatic carbocycles. The third-order valence-corrected chi connectivity index (χ3v) is 4.21. The minimum atomic E-state index is -0.460. The molecule has 0 aliphatic carbocycles. The van der Waals surface area contributed by atoms with Crippen LogP contribution in [0.4, 0.5) is 5.69 Å². The molecule has 6 nitrogen and oxygen atoms in total. The fraction of sp³-hybridized carbons (Fsp3) is 0.250. The SMILES string of the molecule is COc1ccc2c(c1)c(N=NC(=O)c1ccc(C)cc1)c(O)n2C(C)C. The summed E-state index contributed by atoms with van der Waals surface area (Å²) >= 11 is 0. The maximum atomic E-state index is 12.3. The molecule has 134 valence electrons. The van der Waals surface area contributed by atoms with Crippen LogP contribution in [0.2, 0.25) is 0 Å². The van der Waals surface area contributed by atoms with Gasteiger partial charge in [-0.25, -0.2) is 0 Å². The van der Waals surface area contributed by atoms with Crippen molar-refractivity contribution in [1.29, 1.82) is 0 Å². The van der Waals surface area contributed by atoms with E-state index in [9.17, 15) is 9.90 Å². The fourth-order valence-electron chi connectivity index (χ4n) is 2.86. The summed E-state index contributed by atoms with van der Waals surface area (Å²) in [5.41, 5.74) is 2.57. The molecule has 0 unspecified atom stereocenters. The van der Waals surface area contributed by atoms with E-state index in [2.05, 4.69) is 10.2 Å². The van der Waals surface area contributed by atoms with Crippen molar-refractivity contribution in [3.63, 3.8) is 0 Å². The largest absolute Gasteiger partial charge is 0.497 e. The lowest BCUT2D eigenvalue weighted by molar-refractivity contribution is 0.0995. The maximum absolute atomic E-state index is 12.3. The smallest absolute Gasteiger partial charge is 0.295 e. The quantitative estimate of drug-likeness (QED) is 0.659. The van der Waals surface area contributed by atoms with Gasteiger partial charge in [0.15, 0.2) is 5.69 Å². The molecule has 0 radical (unpaired) electrons. The van der Waals surface area contributed by atoms with Gasteiger partial charge in [-0.2, -0.15) is 0 Å². The molecule has 0 fully saturated rings. The Balaban J connectivity index is 2.07. The molecule has 0 atom stereocenters. The lowest BCUT2D eigenvalue weighted by atomic mass is 10.1. The van der Waals surface area contributed by atoms with Gasteiger partial charge in [-0.3, -0.25) is 4.79 Å². The van der Waals surface area contributed by atoms with Gasteiger partial charge in [0, 0.05) is 17.0 Å². The number of carbonyl (C=O) groups is 1. The van der Waals surface area contributed by atoms with Crippen molar-refractivity contribution < 1.29 is 14.6 Å². The van der Waals surface area contributed by atoms with Crippen molar-refractivity contribution in [2.24, 2.45) is 10.2 Å². The molecule has 0 saturated carbocycles. The van der Waals surface area contributed by atoms with Gasteiger partial charge in [0.2, 0.25) is 5.88 Å². The summed E-state index contributed by atoms with van der Waals surface area (Å²) < 4.78 is 7.01. The van der Waals surface area contributed by atoms with Gasteiger partial charge in [-0.1, -0.05) is 17.7 Å². The standard InChI is InChI=1S/C20H21N3O3/c1-12(2)23-17-10-9-15(26-4)11-16(17)18(20(23)25)21-22-19(24)14-7-5-13(3)6-8-14/h5-12,25H,1-4H3. The summed E-state index contributed by atoms with van der Waals surface area (Å²) in [4.78, 5) is 12.3. The van der Waals surface area contributed by atoms with E-state index in [1.54, 1.807) is 29.9 Å². The van der Waals surface area contributed by atoms with Crippen LogP contribution in [0.5, 0.6) is 11.6 Å². The van der Waals surface area contributed by atoms with Crippen molar-refractivity contribution >= 4 is 22.5 Å². The number of aryl methyl sites for hydroxylation is 1. The van der Waals surface area contributed by atoms with Crippen LogP contribution in [-0.4, -0.2) is 22.7 Å². The first-order valence-electron chi connectivity index (χ1n) is 8.36. The first-order valence-corrected chi connectivity index (χ1v) is 8.36. The number of methoxy groups -OCH3 is 1. The number of ether oxygens (including phenoxy) is 1. The molecular formula is C20H21N3O3. The number of hydrogen-bond acceptors (Lipinski definition) is 4. The molecule has 1 amide bonds. The van der Waals surface area contributed by atoms with Crippen LogP contribution in [-0.2, 0) is 0 Å². The van der Waals surface area contributed by atoms with Gasteiger partial charge in [0.1, 0.15) is 5.75 Å². The molecule has 0 spiro atoms. The van der Waals surface area contributed by atoms with E-state index >= 15 is 0 Å². The lowest BCUT2D eigenvalue weighted by Gasteiger charge is -2.10. The zero-order valence-electron chi connectivity index (χ0n) is 15.2. The number of carbonyl (C=O) groups excluding carboxylic acids is 1. The van der Waals surface area contributed by atoms with Crippen LogP contribution < -0.4 is 4.74 Å². The summed E-state index contributed by atoms with van der Waals surface area (Å²) in [6, 6.07) is 12.6. The second kappa shape index (κ2) is 7.00. The molecule has 0 aliphatic rings. The van der Waals surface area contributed by atoms with Gasteiger partial charge in [0.25, 0.3) is 5.91 Å². The number of amides is 1. The normalized spacial score (nSPS) is 11.6. The second-order valence-corrected chi connectivity index (χ2v) is 6.39. The number of azo groups is 1. The highest BCUT2D eigenvalue weighted by atomic mass is 16.5. The fourth-order valence-corrected chi connectivity index (χ4v) is 2.86. The third kappa shape index (κ3) is 3.18. The number of nitrogens with zero attached hydrogens (tertiary/aromatic N) is 3. The number of hydrogen-bond donors (Lipinski definition) is 1. The summed E-state index contributed by atoms with van der Waals surface area (Å²) in [7, 11) is 1.57. The highest BCUT2D eigenvalue weighted by Crippen LogP contribution is 2.42. The lowest BCUT2D eigenvalue weighted by Crippen LogP contribution is -1.99. The molecule has 6 heteroatoms. The van der Waals surface area contributed by atoms with Gasteiger partial charge < -0.3 is 14.4 Å². The average molecular weight is 351 g/mol. The van der Waals surface area contributed by atoms with E-state index in [0.717, 1.165) is 11.1 Å².